The summed E-state index contributed by atoms with van der Waals surface area (Å²) >= 11 is 6.28. The van der Waals surface area contributed by atoms with Crippen molar-refractivity contribution in [2.75, 3.05) is 6.54 Å². The standard InChI is InChI=1S/C25H24ClN3O/c1-3-28(17-19-10-6-4-7-11-19)25(30)18(2)29-23-15-14-21(26)16-22(23)24(27-29)20-12-8-5-9-13-20/h4-16,18H,3,17H2,1-2H3/t18-/m1/s1. The largest absolute Gasteiger partial charge is 0.337 e. The summed E-state index contributed by atoms with van der Waals surface area (Å²) in [7, 11) is 0. The first kappa shape index (κ1) is 20.2. The number of benzene rings is 3. The van der Waals surface area contributed by atoms with Crippen molar-refractivity contribution >= 4 is 28.4 Å². The molecule has 30 heavy (non-hydrogen) atoms. The third-order valence-electron chi connectivity index (χ3n) is 5.35. The van der Waals surface area contributed by atoms with Gasteiger partial charge in [-0.25, -0.2) is 0 Å². The molecule has 0 radical (unpaired) electrons. The normalized spacial score (nSPS) is 12.1. The van der Waals surface area contributed by atoms with E-state index < -0.39 is 6.04 Å². The second kappa shape index (κ2) is 8.72. The summed E-state index contributed by atoms with van der Waals surface area (Å²) in [6, 6.07) is 25.3. The molecule has 1 aromatic heterocycles. The van der Waals surface area contributed by atoms with E-state index in [1.807, 2.05) is 102 Å². The predicted octanol–water partition coefficient (Wildman–Crippen LogP) is 5.97. The first-order chi connectivity index (χ1) is 14.6. The lowest BCUT2D eigenvalue weighted by Crippen LogP contribution is -2.36. The topological polar surface area (TPSA) is 38.1 Å². The van der Waals surface area contributed by atoms with Crippen molar-refractivity contribution in [3.05, 3.63) is 89.4 Å². The van der Waals surface area contributed by atoms with Crippen LogP contribution in [0.25, 0.3) is 22.2 Å². The van der Waals surface area contributed by atoms with Crippen LogP contribution in [0.4, 0.5) is 0 Å². The molecule has 0 saturated heterocycles. The molecule has 0 aliphatic heterocycles. The molecule has 0 N–H and O–H groups in total. The van der Waals surface area contributed by atoms with Gasteiger partial charge >= 0.3 is 0 Å². The quantitative estimate of drug-likeness (QED) is 0.387. The van der Waals surface area contributed by atoms with Crippen molar-refractivity contribution in [2.24, 2.45) is 0 Å². The van der Waals surface area contributed by atoms with Gasteiger partial charge in [0.2, 0.25) is 5.91 Å². The Morgan fingerprint density at radius 2 is 1.70 bits per heavy atom. The molecule has 152 valence electrons. The van der Waals surface area contributed by atoms with Crippen molar-refractivity contribution in [1.82, 2.24) is 14.7 Å². The van der Waals surface area contributed by atoms with Crippen molar-refractivity contribution in [1.29, 1.82) is 0 Å². The maximum absolute atomic E-state index is 13.4. The molecule has 4 rings (SSSR count). The Hall–Kier alpha value is -3.11. The lowest BCUT2D eigenvalue weighted by Gasteiger charge is -2.25. The Kier molecular flexibility index (Phi) is 5.86. The third kappa shape index (κ3) is 3.96. The van der Waals surface area contributed by atoms with Crippen LogP contribution in [0.15, 0.2) is 78.9 Å². The average Bonchev–Trinajstić information content (AvgIpc) is 3.16. The molecule has 4 nitrogen and oxygen atoms in total. The second-order valence-electron chi connectivity index (χ2n) is 7.33. The van der Waals surface area contributed by atoms with E-state index in [1.54, 1.807) is 0 Å². The van der Waals surface area contributed by atoms with Gasteiger partial charge in [0.15, 0.2) is 0 Å². The number of likely N-dealkylation sites (N-methyl/N-ethyl adjacent to an activating group) is 1. The van der Waals surface area contributed by atoms with Gasteiger partial charge in [-0.1, -0.05) is 72.3 Å². The Balaban J connectivity index is 1.72. The minimum Gasteiger partial charge on any atom is -0.337 e. The summed E-state index contributed by atoms with van der Waals surface area (Å²) < 4.78 is 1.82. The maximum Gasteiger partial charge on any atom is 0.247 e. The molecule has 0 bridgehead atoms. The van der Waals surface area contributed by atoms with E-state index in [0.29, 0.717) is 18.1 Å². The van der Waals surface area contributed by atoms with Crippen LogP contribution in [0.2, 0.25) is 5.02 Å². The van der Waals surface area contributed by atoms with E-state index in [0.717, 1.165) is 27.7 Å². The van der Waals surface area contributed by atoms with Gasteiger partial charge < -0.3 is 4.90 Å². The molecule has 0 spiro atoms. The average molecular weight is 418 g/mol. The van der Waals surface area contributed by atoms with E-state index in [1.165, 1.54) is 0 Å². The number of carbonyl (C=O) groups is 1. The van der Waals surface area contributed by atoms with E-state index >= 15 is 0 Å². The number of rotatable bonds is 6. The smallest absolute Gasteiger partial charge is 0.247 e. The van der Waals surface area contributed by atoms with Crippen LogP contribution in [0.3, 0.4) is 0 Å². The summed E-state index contributed by atoms with van der Waals surface area (Å²) in [6.07, 6.45) is 0. The van der Waals surface area contributed by atoms with Crippen LogP contribution < -0.4 is 0 Å². The lowest BCUT2D eigenvalue weighted by molar-refractivity contribution is -0.134. The van der Waals surface area contributed by atoms with Crippen LogP contribution in [-0.2, 0) is 11.3 Å². The molecule has 4 aromatic rings. The first-order valence-corrected chi connectivity index (χ1v) is 10.5. The molecule has 5 heteroatoms. The lowest BCUT2D eigenvalue weighted by atomic mass is 10.1. The van der Waals surface area contributed by atoms with Gasteiger partial charge in [0.25, 0.3) is 0 Å². The minimum absolute atomic E-state index is 0.0420. The van der Waals surface area contributed by atoms with Crippen LogP contribution in [0, 0.1) is 0 Å². The van der Waals surface area contributed by atoms with Gasteiger partial charge in [-0.3, -0.25) is 9.48 Å². The Morgan fingerprint density at radius 3 is 2.37 bits per heavy atom. The predicted molar refractivity (Wildman–Crippen MR) is 122 cm³/mol. The zero-order valence-electron chi connectivity index (χ0n) is 17.1. The number of halogens is 1. The van der Waals surface area contributed by atoms with Crippen molar-refractivity contribution in [2.45, 2.75) is 26.4 Å². The van der Waals surface area contributed by atoms with Gasteiger partial charge in [-0.2, -0.15) is 5.10 Å². The number of aromatic nitrogens is 2. The number of hydrogen-bond donors (Lipinski definition) is 0. The fourth-order valence-corrected chi connectivity index (χ4v) is 3.91. The molecule has 0 aliphatic rings. The number of hydrogen-bond acceptors (Lipinski definition) is 2. The first-order valence-electron chi connectivity index (χ1n) is 10.1. The highest BCUT2D eigenvalue weighted by molar-refractivity contribution is 6.31. The summed E-state index contributed by atoms with van der Waals surface area (Å²) in [5, 5.41) is 6.45. The van der Waals surface area contributed by atoms with Crippen LogP contribution in [-0.4, -0.2) is 27.1 Å². The highest BCUT2D eigenvalue weighted by atomic mass is 35.5. The number of nitrogens with zero attached hydrogens (tertiary/aromatic N) is 3. The molecule has 0 aliphatic carbocycles. The van der Waals surface area contributed by atoms with Crippen molar-refractivity contribution < 1.29 is 4.79 Å². The highest BCUT2D eigenvalue weighted by Gasteiger charge is 2.25. The number of fused-ring (bicyclic) bond motifs is 1. The molecular formula is C25H24ClN3O. The molecule has 0 fully saturated rings. The Morgan fingerprint density at radius 1 is 1.03 bits per heavy atom. The van der Waals surface area contributed by atoms with E-state index in [-0.39, 0.29) is 5.91 Å². The summed E-state index contributed by atoms with van der Waals surface area (Å²) in [5.74, 6) is 0.0420. The fourth-order valence-electron chi connectivity index (χ4n) is 3.74. The van der Waals surface area contributed by atoms with Gasteiger partial charge in [0.1, 0.15) is 11.7 Å². The van der Waals surface area contributed by atoms with E-state index in [2.05, 4.69) is 0 Å². The molecular weight excluding hydrogens is 394 g/mol. The van der Waals surface area contributed by atoms with Gasteiger partial charge in [-0.15, -0.1) is 0 Å². The molecule has 3 aromatic carbocycles. The van der Waals surface area contributed by atoms with E-state index in [9.17, 15) is 4.79 Å². The molecule has 0 unspecified atom stereocenters. The SMILES string of the molecule is CCN(Cc1ccccc1)C(=O)[C@@H](C)n1nc(-c2ccccc2)c2cc(Cl)ccc21. The zero-order chi connectivity index (χ0) is 21.1. The number of carbonyl (C=O) groups excluding carboxylic acids is 1. The van der Waals surface area contributed by atoms with Crippen LogP contribution in [0.5, 0.6) is 0 Å². The van der Waals surface area contributed by atoms with Gasteiger partial charge in [-0.05, 0) is 37.6 Å². The van der Waals surface area contributed by atoms with Gasteiger partial charge in [0.05, 0.1) is 5.52 Å². The summed E-state index contributed by atoms with van der Waals surface area (Å²) in [4.78, 5) is 15.2. The van der Waals surface area contributed by atoms with Crippen LogP contribution >= 0.6 is 11.6 Å². The molecule has 1 atom stereocenters. The van der Waals surface area contributed by atoms with Crippen molar-refractivity contribution in [3.8, 4) is 11.3 Å². The number of amides is 1. The Labute approximate surface area is 181 Å². The summed E-state index contributed by atoms with van der Waals surface area (Å²) in [5.41, 5.74) is 3.84. The fraction of sp³-hybridized carbons (Fsp3) is 0.200. The molecule has 1 amide bonds. The van der Waals surface area contributed by atoms with Gasteiger partial charge in [0, 0.05) is 29.1 Å². The second-order valence-corrected chi connectivity index (χ2v) is 7.77. The molecule has 1 heterocycles. The van der Waals surface area contributed by atoms with Crippen molar-refractivity contribution in [3.63, 3.8) is 0 Å². The van der Waals surface area contributed by atoms with E-state index in [4.69, 9.17) is 16.7 Å². The minimum atomic E-state index is -0.435. The third-order valence-corrected chi connectivity index (χ3v) is 5.58. The maximum atomic E-state index is 13.4. The Bertz CT molecular complexity index is 1160. The molecule has 0 saturated carbocycles. The van der Waals surface area contributed by atoms with Crippen LogP contribution in [0.1, 0.15) is 25.5 Å². The summed E-state index contributed by atoms with van der Waals surface area (Å²) in [6.45, 7) is 5.13. The monoisotopic (exact) mass is 417 g/mol. The highest BCUT2D eigenvalue weighted by Crippen LogP contribution is 2.32. The zero-order valence-corrected chi connectivity index (χ0v) is 17.9.